The maximum absolute atomic E-state index is 13.2. The first-order chi connectivity index (χ1) is 14.6. The number of hydrogen-bond donors (Lipinski definition) is 2. The van der Waals surface area contributed by atoms with Gasteiger partial charge in [0, 0.05) is 30.4 Å². The molecule has 3 heterocycles. The van der Waals surface area contributed by atoms with Crippen molar-refractivity contribution in [3.05, 3.63) is 66.4 Å². The normalized spacial score (nSPS) is 12.8. The Morgan fingerprint density at radius 1 is 1.13 bits per heavy atom. The van der Waals surface area contributed by atoms with E-state index in [-0.39, 0.29) is 18.4 Å². The van der Waals surface area contributed by atoms with Crippen molar-refractivity contribution in [2.45, 2.75) is 0 Å². The number of benzene rings is 2. The molecule has 0 saturated carbocycles. The first-order valence-electron chi connectivity index (χ1n) is 9.35. The van der Waals surface area contributed by atoms with Gasteiger partial charge in [-0.2, -0.15) is 5.10 Å². The van der Waals surface area contributed by atoms with E-state index in [1.165, 1.54) is 0 Å². The molecule has 2 aromatic carbocycles. The zero-order chi connectivity index (χ0) is 20.7. The molecule has 0 unspecified atom stereocenters. The maximum atomic E-state index is 13.2. The SMILES string of the molecule is Cn1ccc(-c2cc(C(=O)Nc3ccc4c(c3)OCC(=O)N4)c3ccccc3n2)n1. The number of pyridine rings is 1. The molecular formula is C22H17N5O3. The smallest absolute Gasteiger partial charge is 0.262 e. The number of anilines is 2. The van der Waals surface area contributed by atoms with Gasteiger partial charge in [-0.1, -0.05) is 18.2 Å². The summed E-state index contributed by atoms with van der Waals surface area (Å²) in [7, 11) is 1.83. The molecule has 0 radical (unpaired) electrons. The number of carbonyl (C=O) groups excluding carboxylic acids is 2. The summed E-state index contributed by atoms with van der Waals surface area (Å²) in [6.45, 7) is -0.0488. The Labute approximate surface area is 171 Å². The van der Waals surface area contributed by atoms with Gasteiger partial charge in [0.2, 0.25) is 0 Å². The van der Waals surface area contributed by atoms with Crippen molar-refractivity contribution in [2.24, 2.45) is 7.05 Å². The molecule has 2 aromatic heterocycles. The summed E-state index contributed by atoms with van der Waals surface area (Å²) in [5.74, 6) is 0.0383. The summed E-state index contributed by atoms with van der Waals surface area (Å²) in [4.78, 5) is 29.2. The molecule has 8 nitrogen and oxygen atoms in total. The van der Waals surface area contributed by atoms with Crippen molar-refractivity contribution in [1.82, 2.24) is 14.8 Å². The Bertz CT molecular complexity index is 1310. The number of carbonyl (C=O) groups is 2. The number of aromatic nitrogens is 3. The molecule has 30 heavy (non-hydrogen) atoms. The lowest BCUT2D eigenvalue weighted by Crippen LogP contribution is -2.25. The largest absolute Gasteiger partial charge is 0.482 e. The molecular weight excluding hydrogens is 382 g/mol. The van der Waals surface area contributed by atoms with Gasteiger partial charge in [-0.15, -0.1) is 0 Å². The minimum atomic E-state index is -0.273. The highest BCUT2D eigenvalue weighted by atomic mass is 16.5. The van der Waals surface area contributed by atoms with Gasteiger partial charge in [-0.25, -0.2) is 4.98 Å². The van der Waals surface area contributed by atoms with Gasteiger partial charge >= 0.3 is 0 Å². The molecule has 5 rings (SSSR count). The predicted molar refractivity (Wildman–Crippen MR) is 112 cm³/mol. The van der Waals surface area contributed by atoms with E-state index in [0.29, 0.717) is 39.6 Å². The van der Waals surface area contributed by atoms with E-state index in [1.54, 1.807) is 28.9 Å². The number of nitrogens with zero attached hydrogens (tertiary/aromatic N) is 3. The molecule has 0 spiro atoms. The van der Waals surface area contributed by atoms with Crippen LogP contribution in [0.3, 0.4) is 0 Å². The lowest BCUT2D eigenvalue weighted by Gasteiger charge is -2.18. The third kappa shape index (κ3) is 3.24. The van der Waals surface area contributed by atoms with Crippen molar-refractivity contribution in [3.63, 3.8) is 0 Å². The molecule has 2 amide bonds. The minimum absolute atomic E-state index is 0.0488. The van der Waals surface area contributed by atoms with Crippen LogP contribution in [-0.4, -0.2) is 33.2 Å². The van der Waals surface area contributed by atoms with Crippen molar-refractivity contribution in [1.29, 1.82) is 0 Å². The summed E-state index contributed by atoms with van der Waals surface area (Å²) in [6.07, 6.45) is 1.83. The number of aryl methyl sites for hydroxylation is 1. The molecule has 0 fully saturated rings. The maximum Gasteiger partial charge on any atom is 0.262 e. The monoisotopic (exact) mass is 399 g/mol. The highest BCUT2D eigenvalue weighted by Crippen LogP contribution is 2.31. The fourth-order valence-corrected chi connectivity index (χ4v) is 3.40. The molecule has 0 aliphatic carbocycles. The Hall–Kier alpha value is -4.20. The van der Waals surface area contributed by atoms with Gasteiger partial charge in [-0.3, -0.25) is 14.3 Å². The Balaban J connectivity index is 1.52. The van der Waals surface area contributed by atoms with Crippen molar-refractivity contribution < 1.29 is 14.3 Å². The van der Waals surface area contributed by atoms with Crippen molar-refractivity contribution in [2.75, 3.05) is 17.2 Å². The highest BCUT2D eigenvalue weighted by Gasteiger charge is 2.18. The molecule has 0 atom stereocenters. The van der Waals surface area contributed by atoms with Crippen LogP contribution in [0.5, 0.6) is 5.75 Å². The predicted octanol–water partition coefficient (Wildman–Crippen LogP) is 3.22. The average Bonchev–Trinajstić information content (AvgIpc) is 3.19. The lowest BCUT2D eigenvalue weighted by molar-refractivity contribution is -0.118. The second kappa shape index (κ2) is 7.00. The molecule has 148 valence electrons. The Morgan fingerprint density at radius 2 is 2.00 bits per heavy atom. The van der Waals surface area contributed by atoms with E-state index in [2.05, 4.69) is 20.7 Å². The van der Waals surface area contributed by atoms with Gasteiger partial charge in [0.25, 0.3) is 11.8 Å². The number of para-hydroxylation sites is 1. The topological polar surface area (TPSA) is 98.1 Å². The van der Waals surface area contributed by atoms with E-state index in [4.69, 9.17) is 4.74 Å². The lowest BCUT2D eigenvalue weighted by atomic mass is 10.1. The van der Waals surface area contributed by atoms with Gasteiger partial charge in [0.05, 0.1) is 22.5 Å². The van der Waals surface area contributed by atoms with Crippen LogP contribution in [0.1, 0.15) is 10.4 Å². The molecule has 4 aromatic rings. The number of amides is 2. The minimum Gasteiger partial charge on any atom is -0.482 e. The number of ether oxygens (including phenoxy) is 1. The summed E-state index contributed by atoms with van der Waals surface area (Å²) >= 11 is 0. The fourth-order valence-electron chi connectivity index (χ4n) is 3.40. The summed E-state index contributed by atoms with van der Waals surface area (Å²) in [6, 6.07) is 16.2. The summed E-state index contributed by atoms with van der Waals surface area (Å²) < 4.78 is 7.12. The standard InChI is InChI=1S/C22H17N5O3/c1-27-9-8-17(26-27)19-11-15(14-4-2-3-5-16(14)24-19)22(29)23-13-6-7-18-20(10-13)30-12-21(28)25-18/h2-11H,12H2,1H3,(H,23,29)(H,25,28). The van der Waals surface area contributed by atoms with E-state index in [1.807, 2.05) is 43.6 Å². The third-order valence-corrected chi connectivity index (χ3v) is 4.81. The first kappa shape index (κ1) is 17.9. The Kier molecular flexibility index (Phi) is 4.17. The molecule has 2 N–H and O–H groups in total. The van der Waals surface area contributed by atoms with E-state index in [9.17, 15) is 9.59 Å². The zero-order valence-electron chi connectivity index (χ0n) is 16.0. The van der Waals surface area contributed by atoms with Crippen LogP contribution in [0.2, 0.25) is 0 Å². The van der Waals surface area contributed by atoms with E-state index in [0.717, 1.165) is 5.39 Å². The summed E-state index contributed by atoms with van der Waals surface area (Å²) in [5.41, 5.74) is 3.66. The molecule has 1 aliphatic heterocycles. The van der Waals surface area contributed by atoms with Crippen LogP contribution in [0.15, 0.2) is 60.8 Å². The van der Waals surface area contributed by atoms with Gasteiger partial charge in [0.15, 0.2) is 6.61 Å². The number of nitrogens with one attached hydrogen (secondary N) is 2. The molecule has 0 saturated heterocycles. The molecule has 1 aliphatic rings. The first-order valence-corrected chi connectivity index (χ1v) is 9.35. The average molecular weight is 399 g/mol. The van der Waals surface area contributed by atoms with Crippen LogP contribution in [0, 0.1) is 0 Å². The van der Waals surface area contributed by atoms with Crippen LogP contribution < -0.4 is 15.4 Å². The number of hydrogen-bond acceptors (Lipinski definition) is 5. The third-order valence-electron chi connectivity index (χ3n) is 4.81. The van der Waals surface area contributed by atoms with Crippen LogP contribution in [0.25, 0.3) is 22.3 Å². The van der Waals surface area contributed by atoms with Crippen LogP contribution in [0.4, 0.5) is 11.4 Å². The van der Waals surface area contributed by atoms with Gasteiger partial charge in [-0.05, 0) is 30.3 Å². The molecule has 8 heteroatoms. The molecule has 0 bridgehead atoms. The van der Waals surface area contributed by atoms with E-state index < -0.39 is 0 Å². The van der Waals surface area contributed by atoms with Crippen LogP contribution in [-0.2, 0) is 11.8 Å². The second-order valence-corrected chi connectivity index (χ2v) is 6.95. The van der Waals surface area contributed by atoms with E-state index >= 15 is 0 Å². The summed E-state index contributed by atoms with van der Waals surface area (Å²) in [5, 5.41) is 10.8. The second-order valence-electron chi connectivity index (χ2n) is 6.95. The fraction of sp³-hybridized carbons (Fsp3) is 0.0909. The highest BCUT2D eigenvalue weighted by molar-refractivity contribution is 6.13. The number of fused-ring (bicyclic) bond motifs is 2. The zero-order valence-corrected chi connectivity index (χ0v) is 16.0. The van der Waals surface area contributed by atoms with Gasteiger partial charge in [0.1, 0.15) is 11.4 Å². The number of rotatable bonds is 3. The quantitative estimate of drug-likeness (QED) is 0.551. The Morgan fingerprint density at radius 3 is 2.83 bits per heavy atom. The van der Waals surface area contributed by atoms with Crippen molar-refractivity contribution >= 4 is 34.1 Å². The van der Waals surface area contributed by atoms with Crippen molar-refractivity contribution in [3.8, 4) is 17.1 Å². The van der Waals surface area contributed by atoms with Crippen LogP contribution >= 0.6 is 0 Å². The van der Waals surface area contributed by atoms with Gasteiger partial charge < -0.3 is 15.4 Å².